The molecule has 0 aliphatic carbocycles. The number of nitrogens with one attached hydrogen (secondary N) is 2. The molecule has 0 spiro atoms. The van der Waals surface area contributed by atoms with Gasteiger partial charge in [0.15, 0.2) is 0 Å². The molecule has 3 amide bonds. The summed E-state index contributed by atoms with van der Waals surface area (Å²) in [5.74, 6) is -0.567. The lowest BCUT2D eigenvalue weighted by molar-refractivity contribution is -0.122. The van der Waals surface area contributed by atoms with E-state index in [2.05, 4.69) is 10.6 Å². The van der Waals surface area contributed by atoms with Crippen molar-refractivity contribution in [1.82, 2.24) is 5.32 Å². The number of carbonyl (C=O) groups excluding carboxylic acids is 2. The molecule has 1 aliphatic heterocycles. The number of urea groups is 1. The lowest BCUT2D eigenvalue weighted by atomic mass is 10.1. The highest BCUT2D eigenvalue weighted by Crippen LogP contribution is 2.32. The number of para-hydroxylation sites is 1. The van der Waals surface area contributed by atoms with E-state index in [-0.39, 0.29) is 11.7 Å². The molecule has 1 aliphatic rings. The van der Waals surface area contributed by atoms with Crippen molar-refractivity contribution in [2.45, 2.75) is 19.4 Å². The number of anilines is 2. The minimum absolute atomic E-state index is 0.192. The van der Waals surface area contributed by atoms with Gasteiger partial charge in [-0.25, -0.2) is 9.18 Å². The number of rotatable bonds is 3. The number of hydrogen-bond donors (Lipinski definition) is 2. The summed E-state index contributed by atoms with van der Waals surface area (Å²) in [7, 11) is 0. The quantitative estimate of drug-likeness (QED) is 0.910. The molecule has 0 saturated carbocycles. The molecule has 1 heterocycles. The van der Waals surface area contributed by atoms with Crippen LogP contribution < -0.4 is 15.5 Å². The van der Waals surface area contributed by atoms with Gasteiger partial charge in [-0.15, -0.1) is 0 Å². The molecule has 24 heavy (non-hydrogen) atoms. The Morgan fingerprint density at radius 1 is 1.17 bits per heavy atom. The number of likely N-dealkylation sites (N-methyl/N-ethyl adjacent to an activating group) is 1. The Kier molecular flexibility index (Phi) is 4.46. The fraction of sp³-hybridized carbons (Fsp3) is 0.222. The SMILES string of the molecule is CCNC(=O)C1Cc2ccccc2N1C(=O)Nc1ccc(F)cc1. The second-order valence-corrected chi connectivity index (χ2v) is 5.55. The van der Waals surface area contributed by atoms with E-state index in [1.165, 1.54) is 29.2 Å². The van der Waals surface area contributed by atoms with Crippen LogP contribution in [0.5, 0.6) is 0 Å². The number of halogens is 1. The summed E-state index contributed by atoms with van der Waals surface area (Å²) in [6, 6.07) is 11.9. The standard InChI is InChI=1S/C18H18FN3O2/c1-2-20-17(23)16-11-12-5-3-4-6-15(12)22(16)18(24)21-14-9-7-13(19)8-10-14/h3-10,16H,2,11H2,1H3,(H,20,23)(H,21,24). The third-order valence-corrected chi connectivity index (χ3v) is 3.94. The molecule has 0 aromatic heterocycles. The Bertz CT molecular complexity index is 761. The molecule has 0 fully saturated rings. The molecule has 0 saturated heterocycles. The van der Waals surface area contributed by atoms with Crippen molar-refractivity contribution in [2.24, 2.45) is 0 Å². The van der Waals surface area contributed by atoms with Crippen LogP contribution in [0.4, 0.5) is 20.6 Å². The summed E-state index contributed by atoms with van der Waals surface area (Å²) in [5, 5.41) is 5.49. The summed E-state index contributed by atoms with van der Waals surface area (Å²) >= 11 is 0. The van der Waals surface area contributed by atoms with Crippen LogP contribution >= 0.6 is 0 Å². The van der Waals surface area contributed by atoms with Crippen LogP contribution in [0, 0.1) is 5.82 Å². The van der Waals surface area contributed by atoms with E-state index in [9.17, 15) is 14.0 Å². The topological polar surface area (TPSA) is 61.4 Å². The van der Waals surface area contributed by atoms with Gasteiger partial charge in [-0.2, -0.15) is 0 Å². The first kappa shape index (κ1) is 16.0. The van der Waals surface area contributed by atoms with Gasteiger partial charge in [0.1, 0.15) is 11.9 Å². The molecule has 1 unspecified atom stereocenters. The Labute approximate surface area is 139 Å². The van der Waals surface area contributed by atoms with E-state index in [0.29, 0.717) is 24.3 Å². The van der Waals surface area contributed by atoms with Crippen LogP contribution in [0.25, 0.3) is 0 Å². The van der Waals surface area contributed by atoms with E-state index in [1.807, 2.05) is 31.2 Å². The van der Waals surface area contributed by atoms with E-state index in [1.54, 1.807) is 0 Å². The highest BCUT2D eigenvalue weighted by Gasteiger charge is 2.38. The Balaban J connectivity index is 1.87. The minimum Gasteiger partial charge on any atom is -0.355 e. The first-order valence-electron chi connectivity index (χ1n) is 7.81. The van der Waals surface area contributed by atoms with Crippen molar-refractivity contribution in [2.75, 3.05) is 16.8 Å². The highest BCUT2D eigenvalue weighted by atomic mass is 19.1. The Morgan fingerprint density at radius 2 is 1.88 bits per heavy atom. The van der Waals surface area contributed by atoms with Crippen molar-refractivity contribution in [3.63, 3.8) is 0 Å². The van der Waals surface area contributed by atoms with Crippen molar-refractivity contribution in [3.8, 4) is 0 Å². The van der Waals surface area contributed by atoms with E-state index in [0.717, 1.165) is 5.56 Å². The van der Waals surface area contributed by atoms with Gasteiger partial charge < -0.3 is 10.6 Å². The van der Waals surface area contributed by atoms with Gasteiger partial charge in [0.05, 0.1) is 0 Å². The average Bonchev–Trinajstić information content (AvgIpc) is 2.97. The number of fused-ring (bicyclic) bond motifs is 1. The summed E-state index contributed by atoms with van der Waals surface area (Å²) in [6.07, 6.45) is 0.471. The second kappa shape index (κ2) is 6.70. The van der Waals surface area contributed by atoms with E-state index < -0.39 is 12.1 Å². The fourth-order valence-corrected chi connectivity index (χ4v) is 2.86. The van der Waals surface area contributed by atoms with Gasteiger partial charge in [-0.3, -0.25) is 9.69 Å². The average molecular weight is 327 g/mol. The highest BCUT2D eigenvalue weighted by molar-refractivity contribution is 6.08. The van der Waals surface area contributed by atoms with Crippen molar-refractivity contribution >= 4 is 23.3 Å². The molecule has 2 N–H and O–H groups in total. The maximum absolute atomic E-state index is 13.0. The predicted octanol–water partition coefficient (Wildman–Crippen LogP) is 2.93. The summed E-state index contributed by atoms with van der Waals surface area (Å²) in [5.41, 5.74) is 2.14. The fourth-order valence-electron chi connectivity index (χ4n) is 2.86. The number of benzene rings is 2. The maximum atomic E-state index is 13.0. The van der Waals surface area contributed by atoms with Crippen LogP contribution in [-0.4, -0.2) is 24.5 Å². The molecule has 6 heteroatoms. The number of hydrogen-bond acceptors (Lipinski definition) is 2. The van der Waals surface area contributed by atoms with Crippen molar-refractivity contribution in [1.29, 1.82) is 0 Å². The zero-order valence-corrected chi connectivity index (χ0v) is 13.3. The second-order valence-electron chi connectivity index (χ2n) is 5.55. The van der Waals surface area contributed by atoms with Crippen LogP contribution in [0.2, 0.25) is 0 Å². The van der Waals surface area contributed by atoms with Crippen LogP contribution in [0.3, 0.4) is 0 Å². The largest absolute Gasteiger partial charge is 0.355 e. The maximum Gasteiger partial charge on any atom is 0.327 e. The molecule has 1 atom stereocenters. The smallest absolute Gasteiger partial charge is 0.327 e. The number of carbonyl (C=O) groups is 2. The van der Waals surface area contributed by atoms with E-state index >= 15 is 0 Å². The molecule has 124 valence electrons. The normalized spacial score (nSPS) is 15.8. The number of nitrogens with zero attached hydrogens (tertiary/aromatic N) is 1. The van der Waals surface area contributed by atoms with Gasteiger partial charge >= 0.3 is 6.03 Å². The van der Waals surface area contributed by atoms with Crippen LogP contribution in [0.15, 0.2) is 48.5 Å². The Hall–Kier alpha value is -2.89. The molecule has 2 aromatic carbocycles. The lowest BCUT2D eigenvalue weighted by Gasteiger charge is -2.25. The lowest BCUT2D eigenvalue weighted by Crippen LogP contribution is -2.49. The third-order valence-electron chi connectivity index (χ3n) is 3.94. The summed E-state index contributed by atoms with van der Waals surface area (Å²) in [4.78, 5) is 26.5. The molecule has 0 radical (unpaired) electrons. The molecule has 0 bridgehead atoms. The van der Waals surface area contributed by atoms with Crippen LogP contribution in [0.1, 0.15) is 12.5 Å². The molecular weight excluding hydrogens is 309 g/mol. The van der Waals surface area contributed by atoms with Gasteiger partial charge in [-0.05, 0) is 42.8 Å². The molecular formula is C18H18FN3O2. The molecule has 2 aromatic rings. The first-order valence-corrected chi connectivity index (χ1v) is 7.81. The predicted molar refractivity (Wildman–Crippen MR) is 90.5 cm³/mol. The van der Waals surface area contributed by atoms with Crippen molar-refractivity contribution in [3.05, 3.63) is 59.9 Å². The van der Waals surface area contributed by atoms with Gasteiger partial charge in [0.2, 0.25) is 5.91 Å². The first-order chi connectivity index (χ1) is 11.6. The zero-order chi connectivity index (χ0) is 17.1. The third kappa shape index (κ3) is 3.08. The minimum atomic E-state index is -0.595. The monoisotopic (exact) mass is 327 g/mol. The molecule has 3 rings (SSSR count). The van der Waals surface area contributed by atoms with E-state index in [4.69, 9.17) is 0 Å². The number of amides is 3. The zero-order valence-electron chi connectivity index (χ0n) is 13.3. The van der Waals surface area contributed by atoms with Gasteiger partial charge in [0.25, 0.3) is 0 Å². The van der Waals surface area contributed by atoms with Gasteiger partial charge in [-0.1, -0.05) is 18.2 Å². The van der Waals surface area contributed by atoms with Gasteiger partial charge in [0, 0.05) is 24.3 Å². The van der Waals surface area contributed by atoms with Crippen LogP contribution in [-0.2, 0) is 11.2 Å². The summed E-state index contributed by atoms with van der Waals surface area (Å²) < 4.78 is 13.0. The van der Waals surface area contributed by atoms with Crippen molar-refractivity contribution < 1.29 is 14.0 Å². The Morgan fingerprint density at radius 3 is 2.58 bits per heavy atom. The summed E-state index contributed by atoms with van der Waals surface area (Å²) in [6.45, 7) is 2.34. The molecule has 5 nitrogen and oxygen atoms in total.